The summed E-state index contributed by atoms with van der Waals surface area (Å²) >= 11 is 0. The summed E-state index contributed by atoms with van der Waals surface area (Å²) in [6.45, 7) is 5.99. The minimum atomic E-state index is 0.837. The second kappa shape index (κ2) is 15.3. The fourth-order valence-corrected chi connectivity index (χ4v) is 2.25. The van der Waals surface area contributed by atoms with Crippen molar-refractivity contribution in [2.75, 3.05) is 0 Å². The molecule has 0 aromatic rings. The lowest BCUT2D eigenvalue weighted by Crippen LogP contribution is -1.93. The SMILES string of the molecule is C=C(N)CCCCCCCC/C=C\CCCCCC. The van der Waals surface area contributed by atoms with Crippen molar-refractivity contribution in [2.24, 2.45) is 5.73 Å². The molecule has 112 valence electrons. The van der Waals surface area contributed by atoms with Crippen LogP contribution in [-0.2, 0) is 0 Å². The number of allylic oxidation sites excluding steroid dienone is 3. The Morgan fingerprint density at radius 2 is 1.26 bits per heavy atom. The summed E-state index contributed by atoms with van der Waals surface area (Å²) in [6, 6.07) is 0. The standard InChI is InChI=1S/C18H35N/c1-3-4-5-6-7-8-9-10-11-12-13-14-15-16-17-18(2)19/h8-9H,2-7,10-17,19H2,1H3/b9-8-. The van der Waals surface area contributed by atoms with Crippen molar-refractivity contribution < 1.29 is 0 Å². The smallest absolute Gasteiger partial charge is 0.000744 e. The van der Waals surface area contributed by atoms with Crippen LogP contribution in [0.5, 0.6) is 0 Å². The van der Waals surface area contributed by atoms with Gasteiger partial charge in [0.25, 0.3) is 0 Å². The molecule has 0 amide bonds. The highest BCUT2D eigenvalue weighted by atomic mass is 14.5. The Labute approximate surface area is 121 Å². The van der Waals surface area contributed by atoms with Crippen LogP contribution in [-0.4, -0.2) is 0 Å². The van der Waals surface area contributed by atoms with Crippen LogP contribution < -0.4 is 5.73 Å². The second-order valence-electron chi connectivity index (χ2n) is 5.64. The van der Waals surface area contributed by atoms with E-state index in [4.69, 9.17) is 5.73 Å². The lowest BCUT2D eigenvalue weighted by atomic mass is 10.1. The van der Waals surface area contributed by atoms with Crippen molar-refractivity contribution in [3.05, 3.63) is 24.4 Å². The first-order valence-corrected chi connectivity index (χ1v) is 8.35. The van der Waals surface area contributed by atoms with E-state index in [1.54, 1.807) is 0 Å². The third-order valence-corrected chi connectivity index (χ3v) is 3.51. The molecule has 1 nitrogen and oxygen atoms in total. The average molecular weight is 265 g/mol. The van der Waals surface area contributed by atoms with E-state index in [0.717, 1.165) is 12.1 Å². The zero-order chi connectivity index (χ0) is 14.2. The largest absolute Gasteiger partial charge is 0.403 e. The van der Waals surface area contributed by atoms with Crippen molar-refractivity contribution in [2.45, 2.75) is 90.4 Å². The molecule has 0 heterocycles. The molecule has 0 saturated carbocycles. The maximum Gasteiger partial charge on any atom is 0.000744 e. The molecule has 0 radical (unpaired) electrons. The van der Waals surface area contributed by atoms with Crippen LogP contribution in [0.2, 0.25) is 0 Å². The number of rotatable bonds is 14. The van der Waals surface area contributed by atoms with Gasteiger partial charge in [-0.2, -0.15) is 0 Å². The van der Waals surface area contributed by atoms with Gasteiger partial charge in [-0.3, -0.25) is 0 Å². The van der Waals surface area contributed by atoms with Crippen LogP contribution in [0.1, 0.15) is 90.4 Å². The molecular formula is C18H35N. The normalized spacial score (nSPS) is 11.2. The Hall–Kier alpha value is -0.720. The topological polar surface area (TPSA) is 26.0 Å². The molecule has 0 aromatic heterocycles. The van der Waals surface area contributed by atoms with Gasteiger partial charge in [0, 0.05) is 5.70 Å². The van der Waals surface area contributed by atoms with E-state index in [-0.39, 0.29) is 0 Å². The third kappa shape index (κ3) is 17.3. The monoisotopic (exact) mass is 265 g/mol. The van der Waals surface area contributed by atoms with Gasteiger partial charge < -0.3 is 5.73 Å². The highest BCUT2D eigenvalue weighted by molar-refractivity contribution is 4.85. The summed E-state index contributed by atoms with van der Waals surface area (Å²) in [7, 11) is 0. The molecule has 0 rings (SSSR count). The van der Waals surface area contributed by atoms with Crippen molar-refractivity contribution in [3.63, 3.8) is 0 Å². The van der Waals surface area contributed by atoms with Gasteiger partial charge in [-0.05, 0) is 38.5 Å². The Morgan fingerprint density at radius 1 is 0.789 bits per heavy atom. The van der Waals surface area contributed by atoms with E-state index in [2.05, 4.69) is 25.7 Å². The summed E-state index contributed by atoms with van der Waals surface area (Å²) in [4.78, 5) is 0. The lowest BCUT2D eigenvalue weighted by Gasteiger charge is -2.01. The Morgan fingerprint density at radius 3 is 1.79 bits per heavy atom. The molecule has 0 aromatic carbocycles. The van der Waals surface area contributed by atoms with E-state index >= 15 is 0 Å². The first kappa shape index (κ1) is 18.3. The van der Waals surface area contributed by atoms with Crippen LogP contribution in [0.4, 0.5) is 0 Å². The van der Waals surface area contributed by atoms with Gasteiger partial charge >= 0.3 is 0 Å². The van der Waals surface area contributed by atoms with E-state index in [1.807, 2.05) is 0 Å². The van der Waals surface area contributed by atoms with Gasteiger partial charge in [0.1, 0.15) is 0 Å². The summed E-state index contributed by atoms with van der Waals surface area (Å²) < 4.78 is 0. The van der Waals surface area contributed by atoms with E-state index in [0.29, 0.717) is 0 Å². The van der Waals surface area contributed by atoms with Gasteiger partial charge in [-0.1, -0.05) is 70.6 Å². The number of hydrogen-bond acceptors (Lipinski definition) is 1. The zero-order valence-electron chi connectivity index (χ0n) is 13.1. The molecule has 19 heavy (non-hydrogen) atoms. The van der Waals surface area contributed by atoms with Crippen LogP contribution in [0.25, 0.3) is 0 Å². The van der Waals surface area contributed by atoms with Gasteiger partial charge in [0.2, 0.25) is 0 Å². The van der Waals surface area contributed by atoms with Gasteiger partial charge in [0.15, 0.2) is 0 Å². The second-order valence-corrected chi connectivity index (χ2v) is 5.64. The summed E-state index contributed by atoms with van der Waals surface area (Å²) in [5.74, 6) is 0. The van der Waals surface area contributed by atoms with Crippen molar-refractivity contribution in [3.8, 4) is 0 Å². The van der Waals surface area contributed by atoms with Gasteiger partial charge in [-0.15, -0.1) is 0 Å². The first-order valence-electron chi connectivity index (χ1n) is 8.35. The number of hydrogen-bond donors (Lipinski definition) is 1. The minimum Gasteiger partial charge on any atom is -0.403 e. The van der Waals surface area contributed by atoms with E-state index < -0.39 is 0 Å². The average Bonchev–Trinajstić information content (AvgIpc) is 2.39. The molecule has 0 fully saturated rings. The van der Waals surface area contributed by atoms with E-state index in [9.17, 15) is 0 Å². The predicted molar refractivity (Wildman–Crippen MR) is 88.2 cm³/mol. The number of nitrogens with two attached hydrogens (primary N) is 1. The molecular weight excluding hydrogens is 230 g/mol. The van der Waals surface area contributed by atoms with Crippen molar-refractivity contribution in [1.82, 2.24) is 0 Å². The molecule has 2 N–H and O–H groups in total. The van der Waals surface area contributed by atoms with Crippen LogP contribution in [0, 0.1) is 0 Å². The Kier molecular flexibility index (Phi) is 14.8. The molecule has 0 unspecified atom stereocenters. The fraction of sp³-hybridized carbons (Fsp3) is 0.778. The third-order valence-electron chi connectivity index (χ3n) is 3.51. The maximum atomic E-state index is 5.54. The summed E-state index contributed by atoms with van der Waals surface area (Å²) in [5, 5.41) is 0. The summed E-state index contributed by atoms with van der Waals surface area (Å²) in [5.41, 5.74) is 6.37. The molecule has 0 atom stereocenters. The van der Waals surface area contributed by atoms with Crippen LogP contribution in [0.15, 0.2) is 24.4 Å². The molecule has 0 aliphatic heterocycles. The van der Waals surface area contributed by atoms with Crippen molar-refractivity contribution in [1.29, 1.82) is 0 Å². The van der Waals surface area contributed by atoms with Crippen LogP contribution >= 0.6 is 0 Å². The molecule has 0 spiro atoms. The highest BCUT2D eigenvalue weighted by Crippen LogP contribution is 2.10. The zero-order valence-corrected chi connectivity index (χ0v) is 13.1. The van der Waals surface area contributed by atoms with E-state index in [1.165, 1.54) is 77.0 Å². The predicted octanol–water partition coefficient (Wildman–Crippen LogP) is 6.11. The molecule has 0 aliphatic carbocycles. The summed E-state index contributed by atoms with van der Waals surface area (Å²) in [6.07, 6.45) is 21.8. The molecule has 0 bridgehead atoms. The van der Waals surface area contributed by atoms with Gasteiger partial charge in [0.05, 0.1) is 0 Å². The van der Waals surface area contributed by atoms with Gasteiger partial charge in [-0.25, -0.2) is 0 Å². The highest BCUT2D eigenvalue weighted by Gasteiger charge is 1.92. The Bertz CT molecular complexity index is 218. The molecule has 0 aliphatic rings. The molecule has 0 saturated heterocycles. The maximum absolute atomic E-state index is 5.54. The first-order chi connectivity index (χ1) is 9.27. The minimum absolute atomic E-state index is 0.837. The lowest BCUT2D eigenvalue weighted by molar-refractivity contribution is 0.595. The number of unbranched alkanes of at least 4 members (excludes halogenated alkanes) is 10. The van der Waals surface area contributed by atoms with Crippen molar-refractivity contribution >= 4 is 0 Å². The quantitative estimate of drug-likeness (QED) is 0.298. The Balaban J connectivity index is 3.05. The fourth-order valence-electron chi connectivity index (χ4n) is 2.25. The molecule has 1 heteroatoms. The van der Waals surface area contributed by atoms with Crippen LogP contribution in [0.3, 0.4) is 0 Å².